The average molecular weight is 859 g/mol. The minimum absolute atomic E-state index is 0.0222. The molecule has 0 spiro atoms. The average Bonchev–Trinajstić information content (AvgIpc) is 4.10. The lowest BCUT2D eigenvalue weighted by Gasteiger charge is -2.30. The molecule has 318 valence electrons. The van der Waals surface area contributed by atoms with E-state index in [1.165, 1.54) is 28.4 Å². The largest absolute Gasteiger partial charge is 0.496 e. The van der Waals surface area contributed by atoms with Crippen LogP contribution in [0.25, 0.3) is 21.5 Å². The third kappa shape index (κ3) is 8.58. The zero-order chi connectivity index (χ0) is 42.3. The molecule has 4 aromatic rings. The van der Waals surface area contributed by atoms with E-state index in [0.717, 1.165) is 40.9 Å². The molecule has 0 radical (unpaired) electrons. The second-order valence-electron chi connectivity index (χ2n) is 16.7. The van der Waals surface area contributed by atoms with Gasteiger partial charge in [-0.2, -0.15) is 0 Å². The van der Waals surface area contributed by atoms with Gasteiger partial charge in [-0.3, -0.25) is 19.1 Å². The summed E-state index contributed by atoms with van der Waals surface area (Å²) in [5.74, 6) is -1.32. The zero-order valence-corrected chi connectivity index (χ0v) is 35.8. The van der Waals surface area contributed by atoms with Gasteiger partial charge < -0.3 is 25.0 Å². The molecule has 0 unspecified atom stereocenters. The van der Waals surface area contributed by atoms with Gasteiger partial charge in [0, 0.05) is 28.8 Å². The highest BCUT2D eigenvalue weighted by Gasteiger charge is 2.62. The minimum Gasteiger partial charge on any atom is -0.496 e. The van der Waals surface area contributed by atoms with Gasteiger partial charge in [0.1, 0.15) is 46.0 Å². The van der Waals surface area contributed by atoms with Gasteiger partial charge >= 0.3 is 0 Å². The van der Waals surface area contributed by atoms with Gasteiger partial charge in [0.15, 0.2) is 0 Å². The number of amides is 3. The zero-order valence-electron chi connectivity index (χ0n) is 34.2. The van der Waals surface area contributed by atoms with E-state index in [0.29, 0.717) is 54.1 Å². The van der Waals surface area contributed by atoms with Crippen molar-refractivity contribution in [2.24, 2.45) is 5.92 Å². The molecular weight excluding hydrogens is 808 g/mol. The number of anilines is 1. The molecule has 1 saturated heterocycles. The molecule has 4 aliphatic rings. The summed E-state index contributed by atoms with van der Waals surface area (Å²) in [5.41, 5.74) is 1.49. The van der Waals surface area contributed by atoms with Crippen molar-refractivity contribution in [1.82, 2.24) is 24.9 Å². The fourth-order valence-corrected chi connectivity index (χ4v) is 10.6. The number of carbonyl (C=O) groups excluding carboxylic acids is 3. The Morgan fingerprint density at radius 2 is 1.83 bits per heavy atom. The van der Waals surface area contributed by atoms with Crippen LogP contribution < -0.4 is 24.8 Å². The Morgan fingerprint density at radius 1 is 1.05 bits per heavy atom. The highest BCUT2D eigenvalue weighted by molar-refractivity contribution is 7.91. The molecule has 3 fully saturated rings. The number of carbonyl (C=O) groups is 3. The number of nitrogens with zero attached hydrogens (tertiary/aromatic N) is 3. The first kappa shape index (κ1) is 41.6. The SMILES string of the molecule is COc1ccc2c(O[C@@H]3C[C@H]4C(=O)N[C@]5(C(=O)NS(=O)(=O)C6CC6)C[C@@H]5/C=C\CCCCC[C@H](Nc5ccc(F)cc5)C(=O)N4C3)nc(-c3nc(C(C)C)cs3)cc2c1C. The Balaban J connectivity index is 1.15. The number of halogens is 1. The van der Waals surface area contributed by atoms with Gasteiger partial charge in [-0.25, -0.2) is 22.8 Å². The summed E-state index contributed by atoms with van der Waals surface area (Å²) in [4.78, 5) is 54.7. The molecule has 13 nitrogen and oxygen atoms in total. The fourth-order valence-electron chi connectivity index (χ4n) is 8.26. The number of methoxy groups -OCH3 is 1. The highest BCUT2D eigenvalue weighted by Crippen LogP contribution is 2.46. The number of benzene rings is 2. The monoisotopic (exact) mass is 858 g/mol. The summed E-state index contributed by atoms with van der Waals surface area (Å²) in [6.45, 7) is 6.14. The topological polar surface area (TPSA) is 169 Å². The van der Waals surface area contributed by atoms with Crippen LogP contribution in [0.15, 0.2) is 60.0 Å². The number of aromatic nitrogens is 2. The van der Waals surface area contributed by atoms with Crippen molar-refractivity contribution >= 4 is 55.5 Å². The van der Waals surface area contributed by atoms with E-state index in [-0.39, 0.29) is 31.2 Å². The van der Waals surface area contributed by atoms with Crippen LogP contribution in [0.4, 0.5) is 10.1 Å². The third-order valence-electron chi connectivity index (χ3n) is 12.1. The lowest BCUT2D eigenvalue weighted by atomic mass is 10.0. The van der Waals surface area contributed by atoms with E-state index in [9.17, 15) is 27.2 Å². The quantitative estimate of drug-likeness (QED) is 0.145. The van der Waals surface area contributed by atoms with Crippen LogP contribution in [0, 0.1) is 18.7 Å². The Bertz CT molecular complexity index is 2440. The second-order valence-corrected chi connectivity index (χ2v) is 19.6. The van der Waals surface area contributed by atoms with Crippen LogP contribution in [0.2, 0.25) is 0 Å². The fraction of sp³-hybridized carbons (Fsp3) is 0.477. The van der Waals surface area contributed by atoms with Crippen LogP contribution in [-0.4, -0.2) is 83.6 Å². The lowest BCUT2D eigenvalue weighted by Crippen LogP contribution is -2.57. The van der Waals surface area contributed by atoms with Gasteiger partial charge in [0.05, 0.1) is 24.6 Å². The molecule has 2 aromatic heterocycles. The maximum Gasteiger partial charge on any atom is 0.259 e. The molecule has 16 heteroatoms. The smallest absolute Gasteiger partial charge is 0.259 e. The predicted octanol–water partition coefficient (Wildman–Crippen LogP) is 6.77. The molecule has 2 saturated carbocycles. The first-order valence-corrected chi connectivity index (χ1v) is 23.2. The number of allylic oxidation sites excluding steroid dienone is 1. The molecule has 8 rings (SSSR count). The number of hydrogen-bond donors (Lipinski definition) is 3. The molecule has 4 heterocycles. The number of aryl methyl sites for hydroxylation is 1. The molecule has 2 aromatic carbocycles. The predicted molar refractivity (Wildman–Crippen MR) is 228 cm³/mol. The summed E-state index contributed by atoms with van der Waals surface area (Å²) in [6, 6.07) is 9.63. The number of fused-ring (bicyclic) bond motifs is 3. The van der Waals surface area contributed by atoms with E-state index in [1.807, 2.05) is 42.7 Å². The van der Waals surface area contributed by atoms with Crippen LogP contribution in [0.3, 0.4) is 0 Å². The Kier molecular flexibility index (Phi) is 11.6. The molecule has 3 amide bonds. The molecule has 2 aliphatic carbocycles. The summed E-state index contributed by atoms with van der Waals surface area (Å²) in [6.07, 6.45) is 7.92. The van der Waals surface area contributed by atoms with Crippen molar-refractivity contribution in [3.63, 3.8) is 0 Å². The van der Waals surface area contributed by atoms with Crippen molar-refractivity contribution in [2.75, 3.05) is 19.0 Å². The van der Waals surface area contributed by atoms with Gasteiger partial charge in [0.2, 0.25) is 27.7 Å². The van der Waals surface area contributed by atoms with E-state index in [2.05, 4.69) is 29.2 Å². The van der Waals surface area contributed by atoms with Gasteiger partial charge in [-0.05, 0) is 105 Å². The summed E-state index contributed by atoms with van der Waals surface area (Å²) < 4.78 is 54.5. The van der Waals surface area contributed by atoms with Crippen molar-refractivity contribution in [1.29, 1.82) is 0 Å². The van der Waals surface area contributed by atoms with Crippen molar-refractivity contribution < 1.29 is 36.7 Å². The second kappa shape index (κ2) is 16.8. The standard InChI is InChI=1S/C44H51FN6O7S2/c1-25(2)36-24-59-41(48-36)35-21-33-26(3)38(57-4)19-18-32(33)40(47-35)58-30-20-37-39(52)49-44(43(54)50-60(55,56)31-16-17-31)22-27(44)10-8-6-5-7-9-11-34(42(53)51(37)23-30)46-29-14-12-28(45)13-15-29/h8,10,12-15,18-19,21,24-25,27,30-31,34,37,46H,5-7,9,11,16-17,20,22-23H2,1-4H3,(H,49,52)(H,50,54)/b10-8-/t27-,30+,34-,37-,44+/m0/s1. The molecule has 3 N–H and O–H groups in total. The van der Waals surface area contributed by atoms with Gasteiger partial charge in [0.25, 0.3) is 5.91 Å². The maximum atomic E-state index is 14.8. The summed E-state index contributed by atoms with van der Waals surface area (Å²) >= 11 is 1.49. The molecule has 2 aliphatic heterocycles. The Hall–Kier alpha value is -5.09. The summed E-state index contributed by atoms with van der Waals surface area (Å²) in [5, 5.41) is 9.91. The molecule has 0 bridgehead atoms. The van der Waals surface area contributed by atoms with Crippen molar-refractivity contribution in [2.45, 2.75) is 113 Å². The first-order chi connectivity index (χ1) is 28.8. The number of rotatable bonds is 10. The molecular formula is C44H51FN6O7S2. The van der Waals surface area contributed by atoms with E-state index in [4.69, 9.17) is 19.4 Å². The van der Waals surface area contributed by atoms with Crippen LogP contribution >= 0.6 is 11.3 Å². The van der Waals surface area contributed by atoms with Gasteiger partial charge in [-0.15, -0.1) is 11.3 Å². The van der Waals surface area contributed by atoms with E-state index < -0.39 is 62.5 Å². The number of thiazole rings is 1. The number of hydrogen-bond acceptors (Lipinski definition) is 11. The lowest BCUT2D eigenvalue weighted by molar-refractivity contribution is -0.140. The number of pyridine rings is 1. The minimum atomic E-state index is -3.90. The maximum absolute atomic E-state index is 14.8. The van der Waals surface area contributed by atoms with Crippen LogP contribution in [-0.2, 0) is 24.4 Å². The van der Waals surface area contributed by atoms with Crippen LogP contribution in [0.1, 0.15) is 88.8 Å². The number of ether oxygens (including phenoxy) is 2. The highest BCUT2D eigenvalue weighted by atomic mass is 32.2. The summed E-state index contributed by atoms with van der Waals surface area (Å²) in [7, 11) is -2.29. The third-order valence-corrected chi connectivity index (χ3v) is 14.8. The van der Waals surface area contributed by atoms with Gasteiger partial charge in [-0.1, -0.05) is 38.8 Å². The van der Waals surface area contributed by atoms with Crippen molar-refractivity contribution in [3.8, 4) is 22.3 Å². The van der Waals surface area contributed by atoms with E-state index in [1.54, 1.807) is 19.2 Å². The normalized spacial score (nSPS) is 25.4. The Morgan fingerprint density at radius 3 is 2.55 bits per heavy atom. The molecule has 5 atom stereocenters. The van der Waals surface area contributed by atoms with Crippen LogP contribution in [0.5, 0.6) is 11.6 Å². The molecule has 60 heavy (non-hydrogen) atoms. The van der Waals surface area contributed by atoms with Crippen molar-refractivity contribution in [3.05, 3.63) is 77.1 Å². The van der Waals surface area contributed by atoms with E-state index >= 15 is 0 Å². The number of nitrogens with one attached hydrogen (secondary N) is 3. The Labute approximate surface area is 353 Å². The first-order valence-electron chi connectivity index (χ1n) is 20.7. The number of sulfonamides is 1.